The van der Waals surface area contributed by atoms with Crippen molar-refractivity contribution in [2.24, 2.45) is 0 Å². The third-order valence-corrected chi connectivity index (χ3v) is 4.05. The fourth-order valence-electron chi connectivity index (χ4n) is 1.90. The Bertz CT molecular complexity index is 597. The van der Waals surface area contributed by atoms with Gasteiger partial charge in [0.25, 0.3) is 0 Å². The number of aromatic nitrogens is 1. The minimum atomic E-state index is -0.371. The zero-order chi connectivity index (χ0) is 14.5. The fraction of sp³-hybridized carbons (Fsp3) is 0.333. The van der Waals surface area contributed by atoms with Gasteiger partial charge in [0.1, 0.15) is 5.82 Å². The number of hydrogen-bond donors (Lipinski definition) is 0. The molecule has 2 aromatic rings. The van der Waals surface area contributed by atoms with Crippen molar-refractivity contribution in [2.75, 3.05) is 13.6 Å². The molecule has 0 saturated carbocycles. The molecule has 0 spiro atoms. The van der Waals surface area contributed by atoms with Crippen molar-refractivity contribution in [3.8, 4) is 0 Å². The van der Waals surface area contributed by atoms with Crippen molar-refractivity contribution < 1.29 is 9.18 Å². The lowest BCUT2D eigenvalue weighted by molar-refractivity contribution is 0.0967. The van der Waals surface area contributed by atoms with Crippen molar-refractivity contribution in [1.82, 2.24) is 9.88 Å². The van der Waals surface area contributed by atoms with Crippen LogP contribution >= 0.6 is 11.3 Å². The second-order valence-corrected chi connectivity index (χ2v) is 5.72. The van der Waals surface area contributed by atoms with Crippen molar-refractivity contribution in [2.45, 2.75) is 19.9 Å². The zero-order valence-corrected chi connectivity index (χ0v) is 12.4. The Morgan fingerprint density at radius 1 is 1.45 bits per heavy atom. The van der Waals surface area contributed by atoms with Crippen molar-refractivity contribution in [3.63, 3.8) is 0 Å². The van der Waals surface area contributed by atoms with Gasteiger partial charge in [-0.05, 0) is 26.1 Å². The molecule has 0 aliphatic rings. The summed E-state index contributed by atoms with van der Waals surface area (Å²) in [4.78, 5) is 19.5. The summed E-state index contributed by atoms with van der Waals surface area (Å²) >= 11 is 1.62. The predicted molar refractivity (Wildman–Crippen MR) is 78.5 cm³/mol. The molecule has 3 nitrogen and oxygen atoms in total. The first kappa shape index (κ1) is 14.8. The standard InChI is InChI=1S/C15H17FN2OS/c1-11-15(20-10-17-11)9-18(2)7-6-14(19)12-4-3-5-13(16)8-12/h3-5,8,10H,6-7,9H2,1-2H3. The zero-order valence-electron chi connectivity index (χ0n) is 11.6. The number of ketones is 1. The van der Waals surface area contributed by atoms with Crippen LogP contribution in [-0.2, 0) is 6.54 Å². The highest BCUT2D eigenvalue weighted by Gasteiger charge is 2.10. The van der Waals surface area contributed by atoms with Crippen LogP contribution in [0.4, 0.5) is 4.39 Å². The van der Waals surface area contributed by atoms with E-state index in [0.29, 0.717) is 18.5 Å². The Morgan fingerprint density at radius 3 is 2.90 bits per heavy atom. The summed E-state index contributed by atoms with van der Waals surface area (Å²) in [6.45, 7) is 3.41. The van der Waals surface area contributed by atoms with Crippen LogP contribution in [0.5, 0.6) is 0 Å². The number of thiazole rings is 1. The lowest BCUT2D eigenvalue weighted by Crippen LogP contribution is -2.21. The number of aryl methyl sites for hydroxylation is 1. The molecule has 1 aromatic heterocycles. The number of carbonyl (C=O) groups excluding carboxylic acids is 1. The van der Waals surface area contributed by atoms with Crippen LogP contribution in [0.25, 0.3) is 0 Å². The number of carbonyl (C=O) groups is 1. The molecule has 0 unspecified atom stereocenters. The molecule has 0 saturated heterocycles. The number of hydrogen-bond acceptors (Lipinski definition) is 4. The van der Waals surface area contributed by atoms with E-state index in [2.05, 4.69) is 9.88 Å². The van der Waals surface area contributed by atoms with Gasteiger partial charge in [-0.1, -0.05) is 12.1 Å². The van der Waals surface area contributed by atoms with Crippen LogP contribution in [0, 0.1) is 12.7 Å². The maximum Gasteiger partial charge on any atom is 0.164 e. The van der Waals surface area contributed by atoms with Gasteiger partial charge in [0.15, 0.2) is 5.78 Å². The molecule has 1 aromatic carbocycles. The Labute approximate surface area is 122 Å². The minimum Gasteiger partial charge on any atom is -0.301 e. The van der Waals surface area contributed by atoms with Gasteiger partial charge in [0.05, 0.1) is 11.2 Å². The van der Waals surface area contributed by atoms with Gasteiger partial charge in [-0.15, -0.1) is 11.3 Å². The van der Waals surface area contributed by atoms with E-state index in [0.717, 1.165) is 12.2 Å². The summed E-state index contributed by atoms with van der Waals surface area (Å²) in [6.07, 6.45) is 0.387. The van der Waals surface area contributed by atoms with E-state index in [1.807, 2.05) is 19.5 Å². The minimum absolute atomic E-state index is 0.0302. The first-order valence-electron chi connectivity index (χ1n) is 6.42. The van der Waals surface area contributed by atoms with Crippen LogP contribution in [0.15, 0.2) is 29.8 Å². The Hall–Kier alpha value is -1.59. The quantitative estimate of drug-likeness (QED) is 0.766. The summed E-state index contributed by atoms with van der Waals surface area (Å²) in [6, 6.07) is 5.84. The first-order valence-corrected chi connectivity index (χ1v) is 7.30. The van der Waals surface area contributed by atoms with Crippen LogP contribution in [-0.4, -0.2) is 29.3 Å². The highest BCUT2D eigenvalue weighted by Crippen LogP contribution is 2.14. The SMILES string of the molecule is Cc1ncsc1CN(C)CCC(=O)c1cccc(F)c1. The predicted octanol–water partition coefficient (Wildman–Crippen LogP) is 3.30. The second-order valence-electron chi connectivity index (χ2n) is 4.78. The molecule has 5 heteroatoms. The lowest BCUT2D eigenvalue weighted by atomic mass is 10.1. The summed E-state index contributed by atoms with van der Waals surface area (Å²) in [7, 11) is 1.97. The number of rotatable bonds is 6. The van der Waals surface area contributed by atoms with E-state index in [-0.39, 0.29) is 11.6 Å². The summed E-state index contributed by atoms with van der Waals surface area (Å²) in [5.74, 6) is -0.401. The van der Waals surface area contributed by atoms with Gasteiger partial charge in [-0.2, -0.15) is 0 Å². The number of halogens is 1. The Morgan fingerprint density at radius 2 is 2.25 bits per heavy atom. The molecule has 1 heterocycles. The molecule has 0 fully saturated rings. The van der Waals surface area contributed by atoms with Crippen LogP contribution in [0.3, 0.4) is 0 Å². The van der Waals surface area contributed by atoms with E-state index in [9.17, 15) is 9.18 Å². The molecule has 0 radical (unpaired) electrons. The van der Waals surface area contributed by atoms with E-state index in [4.69, 9.17) is 0 Å². The number of nitrogens with zero attached hydrogens (tertiary/aromatic N) is 2. The van der Waals surface area contributed by atoms with E-state index in [1.54, 1.807) is 23.5 Å². The first-order chi connectivity index (χ1) is 9.56. The highest BCUT2D eigenvalue weighted by molar-refractivity contribution is 7.09. The van der Waals surface area contributed by atoms with Gasteiger partial charge in [-0.25, -0.2) is 9.37 Å². The maximum absolute atomic E-state index is 13.1. The molecular formula is C15H17FN2OS. The third kappa shape index (κ3) is 3.95. The van der Waals surface area contributed by atoms with Crippen LogP contribution < -0.4 is 0 Å². The second kappa shape index (κ2) is 6.72. The molecule has 0 atom stereocenters. The average molecular weight is 292 g/mol. The van der Waals surface area contributed by atoms with E-state index >= 15 is 0 Å². The van der Waals surface area contributed by atoms with Crippen LogP contribution in [0.2, 0.25) is 0 Å². The molecular weight excluding hydrogens is 275 g/mol. The van der Waals surface area contributed by atoms with Crippen molar-refractivity contribution in [3.05, 3.63) is 51.7 Å². The lowest BCUT2D eigenvalue weighted by Gasteiger charge is -2.15. The molecule has 0 amide bonds. The van der Waals surface area contributed by atoms with Crippen molar-refractivity contribution >= 4 is 17.1 Å². The molecule has 0 N–H and O–H groups in total. The fourth-order valence-corrected chi connectivity index (χ4v) is 2.76. The number of benzene rings is 1. The van der Waals surface area contributed by atoms with Gasteiger partial charge in [-0.3, -0.25) is 4.79 Å². The van der Waals surface area contributed by atoms with E-state index in [1.165, 1.54) is 17.0 Å². The smallest absolute Gasteiger partial charge is 0.164 e. The Kier molecular flexibility index (Phi) is 4.98. The van der Waals surface area contributed by atoms with Gasteiger partial charge < -0.3 is 4.90 Å². The highest BCUT2D eigenvalue weighted by atomic mass is 32.1. The largest absolute Gasteiger partial charge is 0.301 e. The molecule has 20 heavy (non-hydrogen) atoms. The number of Topliss-reactive ketones (excluding diaryl/α,β-unsaturated/α-hetero) is 1. The van der Waals surface area contributed by atoms with E-state index < -0.39 is 0 Å². The summed E-state index contributed by atoms with van der Waals surface area (Å²) < 4.78 is 13.1. The normalized spacial score (nSPS) is 11.0. The summed E-state index contributed by atoms with van der Waals surface area (Å²) in [5, 5.41) is 0. The molecule has 2 rings (SSSR count). The molecule has 106 valence electrons. The van der Waals surface area contributed by atoms with Gasteiger partial charge in [0.2, 0.25) is 0 Å². The average Bonchev–Trinajstić information content (AvgIpc) is 2.81. The Balaban J connectivity index is 1.86. The maximum atomic E-state index is 13.1. The molecule has 0 bridgehead atoms. The van der Waals surface area contributed by atoms with Crippen molar-refractivity contribution in [1.29, 1.82) is 0 Å². The van der Waals surface area contributed by atoms with Gasteiger partial charge in [0, 0.05) is 30.0 Å². The molecule has 0 aliphatic heterocycles. The molecule has 0 aliphatic carbocycles. The summed E-state index contributed by atoms with van der Waals surface area (Å²) in [5.41, 5.74) is 3.31. The van der Waals surface area contributed by atoms with Gasteiger partial charge >= 0.3 is 0 Å². The third-order valence-electron chi connectivity index (χ3n) is 3.13. The topological polar surface area (TPSA) is 33.2 Å². The van der Waals surface area contributed by atoms with Crippen LogP contribution in [0.1, 0.15) is 27.3 Å². The monoisotopic (exact) mass is 292 g/mol.